The summed E-state index contributed by atoms with van der Waals surface area (Å²) in [5.74, 6) is 1.10. The summed E-state index contributed by atoms with van der Waals surface area (Å²) in [6.45, 7) is 12.0. The van der Waals surface area contributed by atoms with Crippen molar-refractivity contribution >= 4 is 5.78 Å². The van der Waals surface area contributed by atoms with Crippen LogP contribution in [-0.2, 0) is 6.54 Å². The lowest BCUT2D eigenvalue weighted by Gasteiger charge is -2.31. The molecule has 0 aromatic carbocycles. The van der Waals surface area contributed by atoms with Gasteiger partial charge in [0.15, 0.2) is 5.78 Å². The summed E-state index contributed by atoms with van der Waals surface area (Å²) in [6, 6.07) is 2.05. The average Bonchev–Trinajstić information content (AvgIpc) is 2.67. The van der Waals surface area contributed by atoms with Crippen molar-refractivity contribution < 1.29 is 4.79 Å². The zero-order valence-corrected chi connectivity index (χ0v) is 13.4. The van der Waals surface area contributed by atoms with E-state index in [0.29, 0.717) is 6.54 Å². The summed E-state index contributed by atoms with van der Waals surface area (Å²) in [7, 11) is 0. The summed E-state index contributed by atoms with van der Waals surface area (Å²) in [4.78, 5) is 14.9. The standard InChI is InChI=1S/C17H28N2O/c1-5-18(11-15-8-7-9-15)12-17(20)16-10-13(3)19(6-2)14(16)4/h10,15H,5-9,11-12H2,1-4H3. The van der Waals surface area contributed by atoms with E-state index >= 15 is 0 Å². The van der Waals surface area contributed by atoms with Gasteiger partial charge in [-0.15, -0.1) is 0 Å². The molecule has 0 radical (unpaired) electrons. The highest BCUT2D eigenvalue weighted by molar-refractivity contribution is 5.99. The fraction of sp³-hybridized carbons (Fsp3) is 0.706. The van der Waals surface area contributed by atoms with Crippen molar-refractivity contribution in [3.63, 3.8) is 0 Å². The Balaban J connectivity index is 2.02. The molecule has 1 heterocycles. The van der Waals surface area contributed by atoms with Crippen molar-refractivity contribution in [1.29, 1.82) is 0 Å². The first-order valence-corrected chi connectivity index (χ1v) is 7.99. The predicted octanol–water partition coefficient (Wildman–Crippen LogP) is 3.43. The molecular weight excluding hydrogens is 248 g/mol. The highest BCUT2D eigenvalue weighted by atomic mass is 16.1. The third kappa shape index (κ3) is 3.14. The third-order valence-electron chi connectivity index (χ3n) is 4.75. The van der Waals surface area contributed by atoms with Crippen molar-refractivity contribution in [2.24, 2.45) is 5.92 Å². The second kappa shape index (κ2) is 6.57. The molecule has 2 rings (SSSR count). The van der Waals surface area contributed by atoms with Crippen molar-refractivity contribution in [2.45, 2.75) is 53.5 Å². The van der Waals surface area contributed by atoms with E-state index in [0.717, 1.165) is 36.8 Å². The Kier molecular flexibility index (Phi) is 5.03. The van der Waals surface area contributed by atoms with Gasteiger partial charge in [-0.1, -0.05) is 13.3 Å². The van der Waals surface area contributed by atoms with Crippen LogP contribution >= 0.6 is 0 Å². The van der Waals surface area contributed by atoms with Gasteiger partial charge in [-0.3, -0.25) is 9.69 Å². The molecule has 20 heavy (non-hydrogen) atoms. The Bertz CT molecular complexity index is 472. The van der Waals surface area contributed by atoms with Crippen LogP contribution in [0.3, 0.4) is 0 Å². The maximum Gasteiger partial charge on any atom is 0.178 e. The molecular formula is C17H28N2O. The van der Waals surface area contributed by atoms with Gasteiger partial charge in [-0.25, -0.2) is 0 Å². The van der Waals surface area contributed by atoms with E-state index in [4.69, 9.17) is 0 Å². The summed E-state index contributed by atoms with van der Waals surface area (Å²) in [6.07, 6.45) is 4.05. The largest absolute Gasteiger partial charge is 0.349 e. The van der Waals surface area contributed by atoms with Crippen LogP contribution in [0.15, 0.2) is 6.07 Å². The Hall–Kier alpha value is -1.09. The van der Waals surface area contributed by atoms with E-state index in [-0.39, 0.29) is 5.78 Å². The molecule has 0 atom stereocenters. The van der Waals surface area contributed by atoms with E-state index in [2.05, 4.69) is 43.2 Å². The summed E-state index contributed by atoms with van der Waals surface area (Å²) < 4.78 is 2.22. The lowest BCUT2D eigenvalue weighted by molar-refractivity contribution is 0.0904. The minimum atomic E-state index is 0.277. The minimum absolute atomic E-state index is 0.277. The monoisotopic (exact) mass is 276 g/mol. The fourth-order valence-corrected chi connectivity index (χ4v) is 3.20. The van der Waals surface area contributed by atoms with Gasteiger partial charge in [0.25, 0.3) is 0 Å². The molecule has 0 unspecified atom stereocenters. The minimum Gasteiger partial charge on any atom is -0.349 e. The van der Waals surface area contributed by atoms with Crippen LogP contribution in [0, 0.1) is 19.8 Å². The molecule has 3 heteroatoms. The van der Waals surface area contributed by atoms with Gasteiger partial charge >= 0.3 is 0 Å². The number of rotatable bonds is 7. The van der Waals surface area contributed by atoms with Crippen LogP contribution in [-0.4, -0.2) is 34.9 Å². The number of aryl methyl sites for hydroxylation is 1. The van der Waals surface area contributed by atoms with Crippen LogP contribution in [0.25, 0.3) is 0 Å². The lowest BCUT2D eigenvalue weighted by Crippen LogP contribution is -2.36. The van der Waals surface area contributed by atoms with E-state index in [1.54, 1.807) is 0 Å². The number of hydrogen-bond acceptors (Lipinski definition) is 2. The predicted molar refractivity (Wildman–Crippen MR) is 83.4 cm³/mol. The van der Waals surface area contributed by atoms with E-state index in [1.165, 1.54) is 25.0 Å². The highest BCUT2D eigenvalue weighted by Crippen LogP contribution is 2.27. The smallest absolute Gasteiger partial charge is 0.178 e. The van der Waals surface area contributed by atoms with Crippen molar-refractivity contribution in [2.75, 3.05) is 19.6 Å². The molecule has 0 spiro atoms. The summed E-state index contributed by atoms with van der Waals surface area (Å²) in [5.41, 5.74) is 3.22. The second-order valence-electron chi connectivity index (χ2n) is 6.08. The Morgan fingerprint density at radius 2 is 2.05 bits per heavy atom. The van der Waals surface area contributed by atoms with Gasteiger partial charge in [0, 0.05) is 30.0 Å². The fourth-order valence-electron chi connectivity index (χ4n) is 3.20. The molecule has 1 fully saturated rings. The molecule has 0 aliphatic heterocycles. The molecule has 1 aromatic heterocycles. The molecule has 1 saturated carbocycles. The Labute approximate surface area is 123 Å². The number of likely N-dealkylation sites (N-methyl/N-ethyl adjacent to an activating group) is 1. The lowest BCUT2D eigenvalue weighted by atomic mass is 9.85. The van der Waals surface area contributed by atoms with Crippen molar-refractivity contribution in [3.8, 4) is 0 Å². The maximum absolute atomic E-state index is 12.5. The summed E-state index contributed by atoms with van der Waals surface area (Å²) >= 11 is 0. The molecule has 0 amide bonds. The molecule has 1 aromatic rings. The van der Waals surface area contributed by atoms with Gasteiger partial charge in [-0.2, -0.15) is 0 Å². The van der Waals surface area contributed by atoms with Crippen LogP contribution in [0.4, 0.5) is 0 Å². The number of nitrogens with zero attached hydrogens (tertiary/aromatic N) is 2. The zero-order valence-electron chi connectivity index (χ0n) is 13.4. The molecule has 1 aliphatic carbocycles. The first-order chi connectivity index (χ1) is 9.56. The summed E-state index contributed by atoms with van der Waals surface area (Å²) in [5, 5.41) is 0. The zero-order chi connectivity index (χ0) is 14.7. The van der Waals surface area contributed by atoms with Gasteiger partial charge in [-0.05, 0) is 52.1 Å². The van der Waals surface area contributed by atoms with Crippen LogP contribution < -0.4 is 0 Å². The molecule has 0 saturated heterocycles. The van der Waals surface area contributed by atoms with Gasteiger partial charge < -0.3 is 4.57 Å². The topological polar surface area (TPSA) is 25.2 Å². The first-order valence-electron chi connectivity index (χ1n) is 7.99. The number of hydrogen-bond donors (Lipinski definition) is 0. The SMILES string of the molecule is CCN(CC(=O)c1cc(C)n(CC)c1C)CC1CCC1. The third-order valence-corrected chi connectivity index (χ3v) is 4.75. The average molecular weight is 276 g/mol. The van der Waals surface area contributed by atoms with Crippen molar-refractivity contribution in [3.05, 3.63) is 23.0 Å². The number of Topliss-reactive ketones (excluding diaryl/α,β-unsaturated/α-hetero) is 1. The van der Waals surface area contributed by atoms with E-state index < -0.39 is 0 Å². The number of carbonyl (C=O) groups is 1. The van der Waals surface area contributed by atoms with Crippen LogP contribution in [0.1, 0.15) is 54.9 Å². The van der Waals surface area contributed by atoms with Crippen molar-refractivity contribution in [1.82, 2.24) is 9.47 Å². The highest BCUT2D eigenvalue weighted by Gasteiger charge is 2.22. The van der Waals surface area contributed by atoms with Crippen LogP contribution in [0.2, 0.25) is 0 Å². The van der Waals surface area contributed by atoms with Gasteiger partial charge in [0.05, 0.1) is 6.54 Å². The normalized spacial score (nSPS) is 15.7. The first kappa shape index (κ1) is 15.3. The van der Waals surface area contributed by atoms with Gasteiger partial charge in [0.1, 0.15) is 0 Å². The van der Waals surface area contributed by atoms with Crippen LogP contribution in [0.5, 0.6) is 0 Å². The number of carbonyl (C=O) groups excluding carboxylic acids is 1. The molecule has 0 bridgehead atoms. The van der Waals surface area contributed by atoms with Gasteiger partial charge in [0.2, 0.25) is 0 Å². The quantitative estimate of drug-likeness (QED) is 0.713. The molecule has 1 aliphatic rings. The molecule has 112 valence electrons. The Morgan fingerprint density at radius 3 is 2.50 bits per heavy atom. The van der Waals surface area contributed by atoms with E-state index in [9.17, 15) is 4.79 Å². The molecule has 0 N–H and O–H groups in total. The Morgan fingerprint density at radius 1 is 1.35 bits per heavy atom. The second-order valence-corrected chi connectivity index (χ2v) is 6.08. The maximum atomic E-state index is 12.5. The van der Waals surface area contributed by atoms with E-state index in [1.807, 2.05) is 0 Å². The number of ketones is 1. The molecule has 3 nitrogen and oxygen atoms in total. The number of aromatic nitrogens is 1.